The third kappa shape index (κ3) is 70.6. The minimum absolute atomic E-state index is 0.0181. The monoisotopic (exact) mass is 1880 g/mol. The molecule has 4 aromatic rings. The number of hydrogen-bond acceptors (Lipinski definition) is 22. The van der Waals surface area contributed by atoms with Gasteiger partial charge in [0.25, 0.3) is 0 Å². The molecule has 0 spiro atoms. The fourth-order valence-electron chi connectivity index (χ4n) is 13.2. The number of primary amides is 1. The Hall–Kier alpha value is -7.92. The normalized spacial score (nSPS) is 14.2. The maximum Gasteiger partial charge on any atom is 0.643 e. The summed E-state index contributed by atoms with van der Waals surface area (Å²) in [6, 6.07) is 28.1. The number of nitrogens with two attached hydrogens (primary N) is 7. The molecule has 710 valence electrons. The number of benzene rings is 4. The Balaban J connectivity index is 0.00000152. The van der Waals surface area contributed by atoms with Crippen LogP contribution in [0.2, 0.25) is 0 Å². The van der Waals surface area contributed by atoms with Gasteiger partial charge in [-0.1, -0.05) is 111 Å². The lowest BCUT2D eigenvalue weighted by Crippen LogP contribution is -2.26. The number of rotatable bonds is 54. The second-order valence-electron chi connectivity index (χ2n) is 30.8. The lowest BCUT2D eigenvalue weighted by atomic mass is 9.95. The molecular formula is C92H150AlCl4N18O11S+. The van der Waals surface area contributed by atoms with Gasteiger partial charge in [0, 0.05) is 124 Å². The summed E-state index contributed by atoms with van der Waals surface area (Å²) in [6.45, 7) is 10.3. The van der Waals surface area contributed by atoms with Crippen molar-refractivity contribution in [3.63, 3.8) is 0 Å². The zero-order chi connectivity index (χ0) is 94.0. The number of aliphatic carboxylic acids is 3. The fraction of sp³-hybridized carbons (Fsp3) is 0.598. The van der Waals surface area contributed by atoms with Crippen LogP contribution < -0.4 is 77.8 Å². The Morgan fingerprint density at radius 1 is 0.417 bits per heavy atom. The van der Waals surface area contributed by atoms with Crippen molar-refractivity contribution < 1.29 is 53.1 Å². The minimum Gasteiger partial charge on any atom is -0.481 e. The van der Waals surface area contributed by atoms with Crippen molar-refractivity contribution >= 4 is 131 Å². The Kier molecular flexibility index (Phi) is 78.5. The number of carboxylic acid groups (broad SMARTS) is 3. The lowest BCUT2D eigenvalue weighted by molar-refractivity contribution is -0.137. The van der Waals surface area contributed by atoms with Crippen molar-refractivity contribution in [3.05, 3.63) is 141 Å². The number of aryl methyl sites for hydroxylation is 6. The predicted octanol–water partition coefficient (Wildman–Crippen LogP) is 10.5. The number of carboxylic acids is 3. The van der Waals surface area contributed by atoms with E-state index in [1.54, 1.807) is 0 Å². The molecule has 4 unspecified atom stereocenters. The standard InChI is InChI=1S/C22H35N5O2.C22H34N4O3.C19H30N4O.C12H17NO2.C7H15N3.C6H11N.C3H5ClO2.CH3OS.Al.3ClH/c23-11-3-1-6-19-9-7-17(8-10-21(24)28)13-20(19)14-22(29)25-12-4-2-5-18-15-26-27-16-18;23-11-3-1-6-19-9-7-17(8-10-22(28)29)13-20(19)14-21(27)24-12-4-2-5-18-15-25-26-16-18;20-11-5-3-9-17-8-1-2-10-18(17)13-19(24)21-12-6-4-7-16-14-22-23-15-16;13-8-4-3-6-10-5-1-2-7-11(10)9-12(14)15;8-4-2-1-3-7-5-9-10-6-7;1-2-3-4-5-6-7;4-2-1-3(5)6;1-3-2;;;;/h7,9,13,15,18,27H,1-6,8,10-12,14,16,23H2,(H2,24,28)(H,25,29);7,9,13,15,18,26H,1-6,8,10-12,14,16,23H2,(H,24,27)(H,28,29);1-2,8,10,14,16,23H,3-7,9,11-13,15,20H2,(H,21,24);1-2,5,7H,3-4,6,8-9,13H2,(H,14,15);5,7,10H,1-4,6,8H2;1H,3-7H2;1-2H2,(H,5,6);1H3;;3*1H/q;;;;;;;+1;+3;;;/p-3. The number of halogens is 4. The van der Waals surface area contributed by atoms with Crippen LogP contribution in [0.1, 0.15) is 223 Å². The summed E-state index contributed by atoms with van der Waals surface area (Å²) in [5.74, 6) is 2.43. The van der Waals surface area contributed by atoms with E-state index < -0.39 is 29.3 Å². The van der Waals surface area contributed by atoms with Crippen molar-refractivity contribution in [1.29, 1.82) is 0 Å². The number of nitrogens with zero attached hydrogens (tertiary/aromatic N) is 4. The number of terminal acetylenes is 1. The van der Waals surface area contributed by atoms with Crippen LogP contribution in [0.3, 0.4) is 0 Å². The number of hydrogen-bond donors (Lipinski definition) is 17. The quantitative estimate of drug-likeness (QED) is 0.00642. The molecular weight excluding hydrogens is 1730 g/mol. The number of amides is 4. The average Bonchev–Trinajstić information content (AvgIpc) is 1.55. The highest BCUT2D eigenvalue weighted by molar-refractivity contribution is 7.64. The molecule has 0 saturated carbocycles. The molecule has 4 amide bonds. The molecule has 4 aromatic carbocycles. The maximum absolute atomic E-state index is 12.5. The summed E-state index contributed by atoms with van der Waals surface area (Å²) < 4.78 is 8.85. The molecule has 4 atom stereocenters. The van der Waals surface area contributed by atoms with E-state index in [4.69, 9.17) is 108 Å². The summed E-state index contributed by atoms with van der Waals surface area (Å²) in [7, 11) is 14.8. The molecule has 8 rings (SSSR count). The van der Waals surface area contributed by atoms with Gasteiger partial charge in [0.05, 0.1) is 32.1 Å². The van der Waals surface area contributed by atoms with Gasteiger partial charge >= 0.3 is 41.0 Å². The Morgan fingerprint density at radius 2 is 0.709 bits per heavy atom. The maximum atomic E-state index is 12.5. The van der Waals surface area contributed by atoms with Crippen LogP contribution >= 0.6 is 41.7 Å². The van der Waals surface area contributed by atoms with E-state index in [-0.39, 0.29) is 48.8 Å². The molecule has 4 aliphatic heterocycles. The molecule has 0 aliphatic carbocycles. The van der Waals surface area contributed by atoms with Crippen molar-refractivity contribution in [1.82, 2.24) is 37.7 Å². The zero-order valence-corrected chi connectivity index (χ0v) is 80.1. The van der Waals surface area contributed by atoms with E-state index >= 15 is 0 Å². The fourth-order valence-corrected chi connectivity index (χ4v) is 13.3. The van der Waals surface area contributed by atoms with Crippen LogP contribution in [0.15, 0.2) is 105 Å². The van der Waals surface area contributed by atoms with E-state index in [1.165, 1.54) is 30.2 Å². The van der Waals surface area contributed by atoms with Gasteiger partial charge < -0.3 is 93.1 Å². The van der Waals surface area contributed by atoms with Crippen LogP contribution in [0.4, 0.5) is 0 Å². The van der Waals surface area contributed by atoms with E-state index in [0.717, 1.165) is 257 Å². The summed E-state index contributed by atoms with van der Waals surface area (Å²) in [4.78, 5) is 79.1. The van der Waals surface area contributed by atoms with Gasteiger partial charge in [-0.2, -0.15) is 20.4 Å². The summed E-state index contributed by atoms with van der Waals surface area (Å²) >= 11 is 3.79. The van der Waals surface area contributed by atoms with Gasteiger partial charge in [0.15, 0.2) is 0 Å². The van der Waals surface area contributed by atoms with Gasteiger partial charge in [0.2, 0.25) is 29.9 Å². The smallest absolute Gasteiger partial charge is 0.481 e. The minimum atomic E-state index is -1.72. The van der Waals surface area contributed by atoms with Crippen LogP contribution in [-0.4, -0.2) is 190 Å². The van der Waals surface area contributed by atoms with Gasteiger partial charge in [-0.3, -0.25) is 33.6 Å². The molecule has 4 heterocycles. The second kappa shape index (κ2) is 83.7. The largest absolute Gasteiger partial charge is 0.643 e. The van der Waals surface area contributed by atoms with Crippen molar-refractivity contribution in [2.75, 3.05) is 97.2 Å². The van der Waals surface area contributed by atoms with Gasteiger partial charge in [-0.15, -0.1) is 23.9 Å². The number of nitrogens with one attached hydrogen (secondary N) is 7. The number of unbranched alkanes of at least 4 members (excludes halogenated alkanes) is 10. The Bertz CT molecular complexity index is 3640. The van der Waals surface area contributed by atoms with E-state index in [1.807, 2.05) is 91.6 Å². The van der Waals surface area contributed by atoms with E-state index in [9.17, 15) is 33.6 Å². The molecule has 0 saturated heterocycles. The highest BCUT2D eigenvalue weighted by Crippen LogP contribution is 2.22. The van der Waals surface area contributed by atoms with Crippen molar-refractivity contribution in [2.24, 2.45) is 84.2 Å². The topological polar surface area (TPSA) is 513 Å². The summed E-state index contributed by atoms with van der Waals surface area (Å²) in [5.41, 5.74) is 60.7. The van der Waals surface area contributed by atoms with E-state index in [0.29, 0.717) is 107 Å². The van der Waals surface area contributed by atoms with Crippen LogP contribution in [0.5, 0.6) is 0 Å². The molecule has 0 bridgehead atoms. The van der Waals surface area contributed by atoms with Gasteiger partial charge in [-0.05, 0) is 249 Å². The third-order valence-electron chi connectivity index (χ3n) is 20.1. The first-order valence-electron chi connectivity index (χ1n) is 44.9. The number of alkyl halides is 1. The molecule has 4 aliphatic rings. The molecule has 127 heavy (non-hydrogen) atoms. The number of carbonyl (C=O) groups excluding carboxylic acids is 4. The third-order valence-corrected chi connectivity index (χ3v) is 20.3. The Morgan fingerprint density at radius 3 is 0.992 bits per heavy atom. The van der Waals surface area contributed by atoms with Crippen molar-refractivity contribution in [3.8, 4) is 12.3 Å². The summed E-state index contributed by atoms with van der Waals surface area (Å²) in [5, 5.41) is 50.6. The molecule has 0 radical (unpaired) electrons. The second-order valence-corrected chi connectivity index (χ2v) is 38.0. The van der Waals surface area contributed by atoms with Crippen LogP contribution in [-0.2, 0) is 114 Å². The number of hydrazone groups is 4. The first-order valence-corrected chi connectivity index (χ1v) is 51.8. The summed E-state index contributed by atoms with van der Waals surface area (Å²) in [6.07, 6.45) is 45.1. The highest BCUT2D eigenvalue weighted by Gasteiger charge is 2.17. The SMILES string of the molecule is C#CCCCCN.C[S+]=O.NCCCCC1C=NNC1.NCCCCc1ccc(CCC(=O)O)cc1CC(=O)NCCCCC1C=NNC1.NCCCCc1ccc(CCC(N)=O)cc1CC(=O)NCCCCC1C=NNC1.NCCCCc1ccccc1CC(=O)NCCCCC1C=NNC1.NCCCCc1ccccc1CC(=O)O.O=C(O)CCCl.[Cl][Al]([Cl])[Cl]. The van der Waals surface area contributed by atoms with E-state index in [2.05, 4.69) is 82.2 Å². The first-order chi connectivity index (χ1) is 61.5. The molecule has 29 nitrogen and oxygen atoms in total. The predicted molar refractivity (Wildman–Crippen MR) is 525 cm³/mol. The average molecular weight is 1890 g/mol. The number of carbonyl (C=O) groups is 7. The molecule has 35 heteroatoms. The van der Waals surface area contributed by atoms with Crippen molar-refractivity contribution in [2.45, 2.75) is 231 Å². The zero-order valence-electron chi connectivity index (χ0n) is 75.1. The molecule has 0 aromatic heterocycles. The first kappa shape index (κ1) is 119. The van der Waals surface area contributed by atoms with Crippen LogP contribution in [0.25, 0.3) is 0 Å². The van der Waals surface area contributed by atoms with Gasteiger partial charge in [-0.25, -0.2) is 30.1 Å². The Labute approximate surface area is 782 Å². The molecule has 0 fully saturated rings. The van der Waals surface area contributed by atoms with Crippen LogP contribution in [0, 0.1) is 36.0 Å². The molecule has 24 N–H and O–H groups in total. The highest BCUT2D eigenvalue weighted by atomic mass is 35.8. The van der Waals surface area contributed by atoms with Gasteiger partial charge in [0.1, 0.15) is 0 Å². The lowest BCUT2D eigenvalue weighted by Gasteiger charge is -2.13.